The van der Waals surface area contributed by atoms with Crippen LogP contribution in [-0.2, 0) is 9.59 Å². The molecule has 116 valence electrons. The zero-order valence-corrected chi connectivity index (χ0v) is 13.2. The molecule has 7 heteroatoms. The van der Waals surface area contributed by atoms with Crippen LogP contribution in [0.4, 0.5) is 5.13 Å². The predicted octanol–water partition coefficient (Wildman–Crippen LogP) is 1.97. The van der Waals surface area contributed by atoms with Crippen molar-refractivity contribution in [2.24, 2.45) is 5.41 Å². The zero-order chi connectivity index (χ0) is 15.5. The Morgan fingerprint density at radius 2 is 2.14 bits per heavy atom. The Bertz CT molecular complexity index is 521. The maximum atomic E-state index is 12.0. The Labute approximate surface area is 128 Å². The van der Waals surface area contributed by atoms with Crippen molar-refractivity contribution in [1.82, 2.24) is 9.88 Å². The molecule has 1 fully saturated rings. The number of aromatic nitrogens is 1. The quantitative estimate of drug-likeness (QED) is 0.868. The molecule has 1 aliphatic rings. The molecule has 21 heavy (non-hydrogen) atoms. The third kappa shape index (κ3) is 3.79. The highest BCUT2D eigenvalue weighted by atomic mass is 32.1. The van der Waals surface area contributed by atoms with Gasteiger partial charge in [0.1, 0.15) is 0 Å². The van der Waals surface area contributed by atoms with Gasteiger partial charge in [0.15, 0.2) is 5.13 Å². The van der Waals surface area contributed by atoms with Crippen LogP contribution in [0.15, 0.2) is 5.38 Å². The predicted molar refractivity (Wildman–Crippen MR) is 81.5 cm³/mol. The number of nitrogens with zero attached hydrogens (tertiary/aromatic N) is 2. The van der Waals surface area contributed by atoms with Gasteiger partial charge < -0.3 is 10.4 Å². The average Bonchev–Trinajstić information content (AvgIpc) is 2.84. The fraction of sp³-hybridized carbons (Fsp3) is 0.643. The lowest BCUT2D eigenvalue weighted by atomic mass is 9.76. The number of piperidine rings is 1. The first-order valence-corrected chi connectivity index (χ1v) is 8.01. The lowest BCUT2D eigenvalue weighted by Gasteiger charge is -2.37. The number of carbonyl (C=O) groups is 2. The number of nitrogens with one attached hydrogen (secondary N) is 1. The lowest BCUT2D eigenvalue weighted by Crippen LogP contribution is -2.46. The van der Waals surface area contributed by atoms with Gasteiger partial charge in [0.05, 0.1) is 17.7 Å². The Hall–Kier alpha value is -1.47. The Morgan fingerprint density at radius 1 is 1.48 bits per heavy atom. The minimum Gasteiger partial charge on any atom is -0.481 e. The van der Waals surface area contributed by atoms with E-state index in [-0.39, 0.29) is 12.5 Å². The van der Waals surface area contributed by atoms with Crippen molar-refractivity contribution >= 4 is 28.3 Å². The molecular formula is C14H21N3O3S. The summed E-state index contributed by atoms with van der Waals surface area (Å²) < 4.78 is 0. The molecule has 1 saturated heterocycles. The summed E-state index contributed by atoms with van der Waals surface area (Å²) in [6.07, 6.45) is 1.84. The largest absolute Gasteiger partial charge is 0.481 e. The fourth-order valence-corrected chi connectivity index (χ4v) is 3.34. The Balaban J connectivity index is 1.83. The first-order chi connectivity index (χ1) is 9.95. The summed E-state index contributed by atoms with van der Waals surface area (Å²) in [6, 6.07) is 0. The first-order valence-electron chi connectivity index (χ1n) is 7.13. The van der Waals surface area contributed by atoms with Gasteiger partial charge in [-0.3, -0.25) is 14.5 Å². The van der Waals surface area contributed by atoms with Crippen LogP contribution in [-0.4, -0.2) is 46.5 Å². The molecule has 0 aliphatic carbocycles. The molecule has 2 heterocycles. The van der Waals surface area contributed by atoms with Crippen LogP contribution in [0.5, 0.6) is 0 Å². The van der Waals surface area contributed by atoms with Crippen molar-refractivity contribution in [3.63, 3.8) is 0 Å². The number of likely N-dealkylation sites (tertiary alicyclic amines) is 1. The molecule has 0 atom stereocenters. The summed E-state index contributed by atoms with van der Waals surface area (Å²) in [7, 11) is 0. The number of carbonyl (C=O) groups excluding carboxylic acids is 1. The summed E-state index contributed by atoms with van der Waals surface area (Å²) >= 11 is 1.41. The number of aryl methyl sites for hydroxylation is 1. The van der Waals surface area contributed by atoms with Crippen LogP contribution in [0.2, 0.25) is 0 Å². The molecule has 2 N–H and O–H groups in total. The van der Waals surface area contributed by atoms with E-state index in [1.165, 1.54) is 11.3 Å². The highest BCUT2D eigenvalue weighted by Crippen LogP contribution is 2.35. The van der Waals surface area contributed by atoms with Crippen molar-refractivity contribution in [2.45, 2.75) is 33.1 Å². The lowest BCUT2D eigenvalue weighted by molar-refractivity contribution is -0.152. The molecule has 0 radical (unpaired) electrons. The van der Waals surface area contributed by atoms with Gasteiger partial charge in [-0.1, -0.05) is 6.92 Å². The van der Waals surface area contributed by atoms with Gasteiger partial charge in [-0.05, 0) is 39.3 Å². The van der Waals surface area contributed by atoms with E-state index >= 15 is 0 Å². The van der Waals surface area contributed by atoms with Crippen molar-refractivity contribution in [1.29, 1.82) is 0 Å². The van der Waals surface area contributed by atoms with Gasteiger partial charge in [0.25, 0.3) is 0 Å². The van der Waals surface area contributed by atoms with E-state index in [2.05, 4.69) is 10.3 Å². The van der Waals surface area contributed by atoms with E-state index < -0.39 is 11.4 Å². The van der Waals surface area contributed by atoms with Gasteiger partial charge in [-0.25, -0.2) is 4.98 Å². The third-order valence-corrected chi connectivity index (χ3v) is 5.05. The number of rotatable bonds is 5. The SMILES string of the molecule is CCC1(C(=O)O)CCN(CC(=O)Nc2nc(C)cs2)CC1. The second-order valence-corrected chi connectivity index (χ2v) is 6.42. The second-order valence-electron chi connectivity index (χ2n) is 5.56. The minimum absolute atomic E-state index is 0.0938. The normalized spacial score (nSPS) is 18.4. The topological polar surface area (TPSA) is 82.5 Å². The van der Waals surface area contributed by atoms with Gasteiger partial charge >= 0.3 is 5.97 Å². The number of anilines is 1. The third-order valence-electron chi connectivity index (χ3n) is 4.18. The summed E-state index contributed by atoms with van der Waals surface area (Å²) in [5.74, 6) is -0.809. The summed E-state index contributed by atoms with van der Waals surface area (Å²) in [5, 5.41) is 14.6. The van der Waals surface area contributed by atoms with Crippen molar-refractivity contribution in [2.75, 3.05) is 25.0 Å². The van der Waals surface area contributed by atoms with E-state index in [0.717, 1.165) is 5.69 Å². The maximum absolute atomic E-state index is 12.0. The smallest absolute Gasteiger partial charge is 0.309 e. The van der Waals surface area contributed by atoms with Crippen LogP contribution < -0.4 is 5.32 Å². The molecule has 1 aromatic rings. The van der Waals surface area contributed by atoms with E-state index in [1.807, 2.05) is 24.1 Å². The zero-order valence-electron chi connectivity index (χ0n) is 12.4. The highest BCUT2D eigenvalue weighted by Gasteiger charge is 2.39. The Morgan fingerprint density at radius 3 is 2.62 bits per heavy atom. The molecule has 1 aromatic heterocycles. The van der Waals surface area contributed by atoms with Crippen LogP contribution in [0, 0.1) is 12.3 Å². The maximum Gasteiger partial charge on any atom is 0.309 e. The average molecular weight is 311 g/mol. The number of hydrogen-bond acceptors (Lipinski definition) is 5. The van der Waals surface area contributed by atoms with Gasteiger partial charge in [0, 0.05) is 5.38 Å². The fourth-order valence-electron chi connectivity index (χ4n) is 2.63. The molecule has 0 unspecified atom stereocenters. The molecule has 2 rings (SSSR count). The molecule has 6 nitrogen and oxygen atoms in total. The summed E-state index contributed by atoms with van der Waals surface area (Å²) in [4.78, 5) is 29.5. The number of carboxylic acids is 1. The van der Waals surface area contributed by atoms with E-state index in [0.29, 0.717) is 37.5 Å². The second kappa shape index (κ2) is 6.53. The number of amides is 1. The molecule has 0 spiro atoms. The van der Waals surface area contributed by atoms with Crippen LogP contribution in [0.1, 0.15) is 31.9 Å². The van der Waals surface area contributed by atoms with Crippen LogP contribution in [0.25, 0.3) is 0 Å². The van der Waals surface area contributed by atoms with Crippen LogP contribution >= 0.6 is 11.3 Å². The number of hydrogen-bond donors (Lipinski definition) is 2. The van der Waals surface area contributed by atoms with Gasteiger partial charge in [-0.15, -0.1) is 11.3 Å². The van der Waals surface area contributed by atoms with Gasteiger partial charge in [-0.2, -0.15) is 0 Å². The first kappa shape index (κ1) is 15.9. The van der Waals surface area contributed by atoms with E-state index in [9.17, 15) is 14.7 Å². The van der Waals surface area contributed by atoms with Crippen molar-refractivity contribution in [3.05, 3.63) is 11.1 Å². The highest BCUT2D eigenvalue weighted by molar-refractivity contribution is 7.13. The molecular weight excluding hydrogens is 290 g/mol. The standard InChI is InChI=1S/C14H21N3O3S/c1-3-14(12(19)20)4-6-17(7-5-14)8-11(18)16-13-15-10(2)9-21-13/h9H,3-8H2,1-2H3,(H,19,20)(H,15,16,18). The van der Waals surface area contributed by atoms with Crippen LogP contribution in [0.3, 0.4) is 0 Å². The monoisotopic (exact) mass is 311 g/mol. The number of aliphatic carboxylic acids is 1. The molecule has 0 saturated carbocycles. The molecule has 1 aliphatic heterocycles. The van der Waals surface area contributed by atoms with Gasteiger partial charge in [0.2, 0.25) is 5.91 Å². The summed E-state index contributed by atoms with van der Waals surface area (Å²) in [5.41, 5.74) is 0.279. The van der Waals surface area contributed by atoms with E-state index in [1.54, 1.807) is 0 Å². The molecule has 1 amide bonds. The van der Waals surface area contributed by atoms with Crippen molar-refractivity contribution < 1.29 is 14.7 Å². The summed E-state index contributed by atoms with van der Waals surface area (Å²) in [6.45, 7) is 5.38. The molecule has 0 bridgehead atoms. The van der Waals surface area contributed by atoms with E-state index in [4.69, 9.17) is 0 Å². The number of thiazole rings is 1. The van der Waals surface area contributed by atoms with Crippen molar-refractivity contribution in [3.8, 4) is 0 Å². The molecule has 0 aromatic carbocycles. The number of carboxylic acid groups (broad SMARTS) is 1. The minimum atomic E-state index is -0.715. The Kier molecular flexibility index (Phi) is 4.95.